The lowest BCUT2D eigenvalue weighted by Gasteiger charge is -2.24. The summed E-state index contributed by atoms with van der Waals surface area (Å²) >= 11 is 6.26. The van der Waals surface area contributed by atoms with Crippen molar-refractivity contribution in [2.45, 2.75) is 6.10 Å². The first kappa shape index (κ1) is 19.3. The van der Waals surface area contributed by atoms with Crippen LogP contribution in [-0.4, -0.2) is 47.8 Å². The molecule has 0 bridgehead atoms. The average Bonchev–Trinajstić information content (AvgIpc) is 2.66. The van der Waals surface area contributed by atoms with Gasteiger partial charge < -0.3 is 23.4 Å². The maximum Gasteiger partial charge on any atom is 0.224 e. The van der Waals surface area contributed by atoms with Gasteiger partial charge in [0, 0.05) is 13.2 Å². The third kappa shape index (κ3) is 2.88. The molecule has 0 aliphatic heterocycles. The first-order valence-electron chi connectivity index (χ1n) is 7.55. The van der Waals surface area contributed by atoms with Crippen LogP contribution in [0.1, 0.15) is 11.3 Å². The Balaban J connectivity index is 2.54. The van der Waals surface area contributed by atoms with Gasteiger partial charge in [0.15, 0.2) is 23.0 Å². The summed E-state index contributed by atoms with van der Waals surface area (Å²) in [5, 5.41) is 0.0798. The monoisotopic (exact) mass is 414 g/mol. The van der Waals surface area contributed by atoms with E-state index >= 15 is 0 Å². The standard InChI is InChI=1S/C17H15ClO8S/c1-22-9-5-7-8(6-10(9)23-2)26-15-11(13(7)19)14(24-3)12(18)16(25-4)17(15)27(20)21/h5-6,16H,1-4H3. The SMILES string of the molecule is COC1=C(Cl)C(OC)C(=S(=O)=O)c2oc3cc(OC)c(OC)cc3c(=O)c21. The van der Waals surface area contributed by atoms with Crippen LogP contribution in [0.25, 0.3) is 16.7 Å². The predicted octanol–water partition coefficient (Wildman–Crippen LogP) is 1.79. The number of halogens is 1. The van der Waals surface area contributed by atoms with Crippen LogP contribution in [0.15, 0.2) is 26.4 Å². The van der Waals surface area contributed by atoms with Crippen LogP contribution in [0.4, 0.5) is 0 Å². The van der Waals surface area contributed by atoms with E-state index in [9.17, 15) is 13.2 Å². The van der Waals surface area contributed by atoms with Gasteiger partial charge in [0.05, 0.1) is 31.7 Å². The smallest absolute Gasteiger partial charge is 0.224 e. The van der Waals surface area contributed by atoms with E-state index in [2.05, 4.69) is 0 Å². The summed E-state index contributed by atoms with van der Waals surface area (Å²) < 4.78 is 50.4. The number of hydrogen-bond acceptors (Lipinski definition) is 8. The summed E-state index contributed by atoms with van der Waals surface area (Å²) in [4.78, 5) is 12.8. The predicted molar refractivity (Wildman–Crippen MR) is 99.2 cm³/mol. The van der Waals surface area contributed by atoms with E-state index in [1.54, 1.807) is 0 Å². The quantitative estimate of drug-likeness (QED) is 0.698. The maximum atomic E-state index is 13.1. The first-order valence-corrected chi connectivity index (χ1v) is 9.00. The molecule has 0 N–H and O–H groups in total. The molecule has 8 nitrogen and oxygen atoms in total. The molecule has 1 aliphatic rings. The van der Waals surface area contributed by atoms with E-state index in [4.69, 9.17) is 35.0 Å². The molecule has 0 fully saturated rings. The van der Waals surface area contributed by atoms with Gasteiger partial charge in [-0.1, -0.05) is 11.6 Å². The van der Waals surface area contributed by atoms with Gasteiger partial charge in [-0.2, -0.15) is 8.42 Å². The molecule has 1 aliphatic carbocycles. The molecule has 1 heterocycles. The normalized spacial score (nSPS) is 16.3. The largest absolute Gasteiger partial charge is 0.494 e. The highest BCUT2D eigenvalue weighted by Crippen LogP contribution is 2.37. The highest BCUT2D eigenvalue weighted by Gasteiger charge is 2.38. The van der Waals surface area contributed by atoms with Crippen molar-refractivity contribution in [3.63, 3.8) is 0 Å². The van der Waals surface area contributed by atoms with Crippen LogP contribution in [0.2, 0.25) is 0 Å². The molecule has 1 aromatic heterocycles. The van der Waals surface area contributed by atoms with Gasteiger partial charge in [-0.05, 0) is 6.07 Å². The molecule has 1 aromatic carbocycles. The molecule has 2 aromatic rings. The second-order valence-electron chi connectivity index (χ2n) is 5.43. The molecule has 0 saturated heterocycles. The first-order chi connectivity index (χ1) is 12.9. The maximum absolute atomic E-state index is 13.1. The Morgan fingerprint density at radius 3 is 2.19 bits per heavy atom. The molecule has 27 heavy (non-hydrogen) atoms. The Bertz CT molecular complexity index is 1150. The van der Waals surface area contributed by atoms with E-state index < -0.39 is 21.8 Å². The third-order valence-electron chi connectivity index (χ3n) is 4.15. The summed E-state index contributed by atoms with van der Waals surface area (Å²) in [6.45, 7) is 0. The van der Waals surface area contributed by atoms with Crippen LogP contribution in [-0.2, 0) is 19.8 Å². The van der Waals surface area contributed by atoms with E-state index in [0.717, 1.165) is 0 Å². The third-order valence-corrected chi connectivity index (χ3v) is 5.28. The fourth-order valence-electron chi connectivity index (χ4n) is 2.95. The molecule has 1 atom stereocenters. The zero-order valence-corrected chi connectivity index (χ0v) is 16.4. The van der Waals surface area contributed by atoms with Gasteiger partial charge in [-0.3, -0.25) is 4.79 Å². The van der Waals surface area contributed by atoms with Crippen molar-refractivity contribution in [3.05, 3.63) is 38.7 Å². The minimum Gasteiger partial charge on any atom is -0.494 e. The molecule has 0 spiro atoms. The molecular formula is C17H15ClO8S. The average molecular weight is 415 g/mol. The number of rotatable bonds is 4. The Morgan fingerprint density at radius 1 is 1.04 bits per heavy atom. The highest BCUT2D eigenvalue weighted by atomic mass is 35.5. The Hall–Kier alpha value is -2.49. The molecule has 3 rings (SSSR count). The molecule has 0 amide bonds. The number of hydrogen-bond donors (Lipinski definition) is 0. The zero-order valence-electron chi connectivity index (χ0n) is 14.8. The molecular weight excluding hydrogens is 400 g/mol. The number of ether oxygens (including phenoxy) is 4. The fraction of sp³-hybridized carbons (Fsp3) is 0.294. The molecule has 10 heteroatoms. The second-order valence-corrected chi connectivity index (χ2v) is 6.75. The van der Waals surface area contributed by atoms with Crippen LogP contribution >= 0.6 is 11.6 Å². The van der Waals surface area contributed by atoms with Crippen LogP contribution in [0, 0.1) is 0 Å². The van der Waals surface area contributed by atoms with Crippen molar-refractivity contribution in [3.8, 4) is 11.5 Å². The van der Waals surface area contributed by atoms with Crippen molar-refractivity contribution in [2.75, 3.05) is 28.4 Å². The fourth-order valence-corrected chi connectivity index (χ4v) is 4.07. The minimum atomic E-state index is -2.77. The lowest BCUT2D eigenvalue weighted by atomic mass is 9.97. The molecule has 1 unspecified atom stereocenters. The minimum absolute atomic E-state index is 0.0156. The van der Waals surface area contributed by atoms with E-state index in [1.807, 2.05) is 0 Å². The van der Waals surface area contributed by atoms with Crippen LogP contribution < -0.4 is 14.9 Å². The van der Waals surface area contributed by atoms with Crippen molar-refractivity contribution in [1.82, 2.24) is 0 Å². The summed E-state index contributed by atoms with van der Waals surface area (Å²) in [7, 11) is 2.68. The van der Waals surface area contributed by atoms with Gasteiger partial charge >= 0.3 is 0 Å². The van der Waals surface area contributed by atoms with E-state index in [-0.39, 0.29) is 37.9 Å². The Labute approximate surface area is 160 Å². The van der Waals surface area contributed by atoms with Gasteiger partial charge in [-0.15, -0.1) is 0 Å². The Kier molecular flexibility index (Phi) is 5.18. The summed E-state index contributed by atoms with van der Waals surface area (Å²) in [6, 6.07) is 2.88. The van der Waals surface area contributed by atoms with E-state index in [1.165, 1.54) is 40.6 Å². The Morgan fingerprint density at radius 2 is 1.67 bits per heavy atom. The van der Waals surface area contributed by atoms with Crippen LogP contribution in [0.5, 0.6) is 11.5 Å². The zero-order chi connectivity index (χ0) is 19.9. The number of fused-ring (bicyclic) bond motifs is 2. The number of methoxy groups -OCH3 is 4. The van der Waals surface area contributed by atoms with Crippen molar-refractivity contribution < 1.29 is 31.8 Å². The summed E-state index contributed by atoms with van der Waals surface area (Å²) in [5.41, 5.74) is -0.517. The van der Waals surface area contributed by atoms with Crippen molar-refractivity contribution >= 4 is 43.5 Å². The van der Waals surface area contributed by atoms with Crippen molar-refractivity contribution in [1.29, 1.82) is 0 Å². The lowest BCUT2D eigenvalue weighted by molar-refractivity contribution is 0.185. The highest BCUT2D eigenvalue weighted by molar-refractivity contribution is 7.73. The lowest BCUT2D eigenvalue weighted by Crippen LogP contribution is -2.33. The van der Waals surface area contributed by atoms with Gasteiger partial charge in [0.2, 0.25) is 15.7 Å². The van der Waals surface area contributed by atoms with Crippen molar-refractivity contribution in [2.24, 2.45) is 0 Å². The molecule has 0 radical (unpaired) electrons. The summed E-state index contributed by atoms with van der Waals surface area (Å²) in [6.07, 6.45) is -1.16. The van der Waals surface area contributed by atoms with Gasteiger partial charge in [0.1, 0.15) is 22.1 Å². The van der Waals surface area contributed by atoms with Gasteiger partial charge in [0.25, 0.3) is 0 Å². The number of benzene rings is 1. The molecule has 144 valence electrons. The summed E-state index contributed by atoms with van der Waals surface area (Å²) in [5.74, 6) is 0.422. The topological polar surface area (TPSA) is 101 Å². The van der Waals surface area contributed by atoms with E-state index in [0.29, 0.717) is 11.5 Å². The van der Waals surface area contributed by atoms with Gasteiger partial charge in [-0.25, -0.2) is 0 Å². The van der Waals surface area contributed by atoms with Crippen LogP contribution in [0.3, 0.4) is 0 Å². The molecule has 0 saturated carbocycles. The second kappa shape index (κ2) is 7.26.